The number of carboxylic acids is 1. The number of benzene rings is 1. The van der Waals surface area contributed by atoms with E-state index in [1.807, 2.05) is 26.0 Å². The molecule has 0 saturated heterocycles. The van der Waals surface area contributed by atoms with Crippen molar-refractivity contribution < 1.29 is 9.90 Å². The minimum atomic E-state index is -0.919. The maximum absolute atomic E-state index is 11.2. The number of carbonyl (C=O) groups is 1. The van der Waals surface area contributed by atoms with Crippen LogP contribution in [0.1, 0.15) is 21.6 Å². The Bertz CT molecular complexity index is 781. The van der Waals surface area contributed by atoms with Crippen molar-refractivity contribution in [3.63, 3.8) is 0 Å². The Morgan fingerprint density at radius 2 is 2.00 bits per heavy atom. The summed E-state index contributed by atoms with van der Waals surface area (Å²) in [7, 11) is 0. The Kier molecular flexibility index (Phi) is 2.45. The summed E-state index contributed by atoms with van der Waals surface area (Å²) < 4.78 is 0. The fraction of sp³-hybridized carbons (Fsp3) is 0.133. The first kappa shape index (κ1) is 11.6. The number of fused-ring (bicyclic) bond motifs is 1. The van der Waals surface area contributed by atoms with Gasteiger partial charge in [-0.25, -0.2) is 4.79 Å². The second-order valence-corrected chi connectivity index (χ2v) is 4.75. The normalized spacial score (nSPS) is 11.1. The molecule has 0 fully saturated rings. The minimum Gasteiger partial charge on any atom is -0.478 e. The second-order valence-electron chi connectivity index (χ2n) is 4.75. The van der Waals surface area contributed by atoms with E-state index >= 15 is 0 Å². The number of H-pyrrole nitrogens is 2. The largest absolute Gasteiger partial charge is 0.478 e. The van der Waals surface area contributed by atoms with E-state index in [4.69, 9.17) is 0 Å². The van der Waals surface area contributed by atoms with Gasteiger partial charge in [0.25, 0.3) is 0 Å². The topological polar surface area (TPSA) is 68.9 Å². The van der Waals surface area contributed by atoms with Gasteiger partial charge in [-0.2, -0.15) is 0 Å². The molecule has 3 aromatic rings. The summed E-state index contributed by atoms with van der Waals surface area (Å²) in [6, 6.07) is 7.71. The van der Waals surface area contributed by atoms with Crippen molar-refractivity contribution in [3.05, 3.63) is 47.3 Å². The molecule has 0 saturated carbocycles. The number of hydrogen-bond donors (Lipinski definition) is 3. The SMILES string of the molecule is Cc1ccc2c(-c3[nH]ccc3C(=O)O)c(C)[nH]c2c1. The van der Waals surface area contributed by atoms with Crippen molar-refractivity contribution in [2.45, 2.75) is 13.8 Å². The Balaban J connectivity index is 2.33. The number of carboxylic acid groups (broad SMARTS) is 1. The van der Waals surface area contributed by atoms with Crippen LogP contribution in [-0.4, -0.2) is 21.0 Å². The summed E-state index contributed by atoms with van der Waals surface area (Å²) in [5, 5.41) is 10.3. The predicted octanol–water partition coefficient (Wildman–Crippen LogP) is 3.48. The van der Waals surface area contributed by atoms with Gasteiger partial charge in [-0.3, -0.25) is 0 Å². The molecule has 0 bridgehead atoms. The maximum atomic E-state index is 11.2. The van der Waals surface area contributed by atoms with Crippen LogP contribution in [0.15, 0.2) is 30.5 Å². The predicted molar refractivity (Wildman–Crippen MR) is 74.5 cm³/mol. The van der Waals surface area contributed by atoms with E-state index in [2.05, 4.69) is 16.0 Å². The number of aryl methyl sites for hydroxylation is 2. The van der Waals surface area contributed by atoms with E-state index in [1.54, 1.807) is 12.3 Å². The Morgan fingerprint density at radius 3 is 2.74 bits per heavy atom. The number of aromatic nitrogens is 2. The molecule has 0 radical (unpaired) electrons. The Hall–Kier alpha value is -2.49. The van der Waals surface area contributed by atoms with E-state index in [1.165, 1.54) is 5.56 Å². The zero-order valence-electron chi connectivity index (χ0n) is 10.7. The number of aromatic carboxylic acids is 1. The zero-order chi connectivity index (χ0) is 13.6. The van der Waals surface area contributed by atoms with Crippen LogP contribution >= 0.6 is 0 Å². The van der Waals surface area contributed by atoms with Crippen LogP contribution in [0.2, 0.25) is 0 Å². The number of hydrogen-bond acceptors (Lipinski definition) is 1. The Labute approximate surface area is 110 Å². The molecular formula is C15H14N2O2. The molecular weight excluding hydrogens is 240 g/mol. The molecule has 0 aliphatic carbocycles. The molecule has 4 heteroatoms. The van der Waals surface area contributed by atoms with Crippen LogP contribution in [-0.2, 0) is 0 Å². The van der Waals surface area contributed by atoms with Crippen molar-refractivity contribution in [2.24, 2.45) is 0 Å². The van der Waals surface area contributed by atoms with Crippen LogP contribution in [0, 0.1) is 13.8 Å². The lowest BCUT2D eigenvalue weighted by molar-refractivity contribution is 0.0698. The van der Waals surface area contributed by atoms with Crippen LogP contribution in [0.3, 0.4) is 0 Å². The van der Waals surface area contributed by atoms with Gasteiger partial charge in [-0.1, -0.05) is 12.1 Å². The van der Waals surface area contributed by atoms with E-state index in [9.17, 15) is 9.90 Å². The van der Waals surface area contributed by atoms with Gasteiger partial charge >= 0.3 is 5.97 Å². The van der Waals surface area contributed by atoms with Gasteiger partial charge < -0.3 is 15.1 Å². The summed E-state index contributed by atoms with van der Waals surface area (Å²) in [4.78, 5) is 17.6. The average molecular weight is 254 g/mol. The third-order valence-corrected chi connectivity index (χ3v) is 3.37. The minimum absolute atomic E-state index is 0.296. The van der Waals surface area contributed by atoms with Gasteiger partial charge in [-0.05, 0) is 31.5 Å². The molecule has 0 amide bonds. The highest BCUT2D eigenvalue weighted by Gasteiger charge is 2.18. The molecule has 3 rings (SSSR count). The molecule has 2 heterocycles. The van der Waals surface area contributed by atoms with Gasteiger partial charge in [0.05, 0.1) is 11.3 Å². The first-order valence-electron chi connectivity index (χ1n) is 6.08. The molecule has 3 N–H and O–H groups in total. The van der Waals surface area contributed by atoms with Crippen molar-refractivity contribution in [1.29, 1.82) is 0 Å². The molecule has 2 aromatic heterocycles. The summed E-state index contributed by atoms with van der Waals surface area (Å²) in [6.45, 7) is 3.99. The average Bonchev–Trinajstić information content (AvgIpc) is 2.91. The number of aromatic amines is 2. The van der Waals surface area contributed by atoms with Crippen LogP contribution in [0.4, 0.5) is 0 Å². The molecule has 4 nitrogen and oxygen atoms in total. The van der Waals surface area contributed by atoms with Gasteiger partial charge in [-0.15, -0.1) is 0 Å². The molecule has 0 atom stereocenters. The molecule has 0 aliphatic heterocycles. The Morgan fingerprint density at radius 1 is 1.21 bits per heavy atom. The first-order chi connectivity index (χ1) is 9.08. The summed E-state index contributed by atoms with van der Waals surface area (Å²) in [6.07, 6.45) is 1.66. The lowest BCUT2D eigenvalue weighted by Crippen LogP contribution is -1.97. The van der Waals surface area contributed by atoms with Crippen LogP contribution in [0.5, 0.6) is 0 Å². The smallest absolute Gasteiger partial charge is 0.337 e. The monoisotopic (exact) mass is 254 g/mol. The summed E-state index contributed by atoms with van der Waals surface area (Å²) >= 11 is 0. The summed E-state index contributed by atoms with van der Waals surface area (Å²) in [5.74, 6) is -0.919. The fourth-order valence-corrected chi connectivity index (χ4v) is 2.52. The highest BCUT2D eigenvalue weighted by atomic mass is 16.4. The van der Waals surface area contributed by atoms with Crippen molar-refractivity contribution in [3.8, 4) is 11.3 Å². The van der Waals surface area contributed by atoms with Gasteiger partial charge in [0, 0.05) is 28.4 Å². The van der Waals surface area contributed by atoms with E-state index < -0.39 is 5.97 Å². The van der Waals surface area contributed by atoms with Crippen molar-refractivity contribution in [1.82, 2.24) is 9.97 Å². The fourth-order valence-electron chi connectivity index (χ4n) is 2.52. The highest BCUT2D eigenvalue weighted by Crippen LogP contribution is 2.33. The van der Waals surface area contributed by atoms with Gasteiger partial charge in [0.1, 0.15) is 0 Å². The van der Waals surface area contributed by atoms with Crippen LogP contribution in [0.25, 0.3) is 22.2 Å². The van der Waals surface area contributed by atoms with Gasteiger partial charge in [0.2, 0.25) is 0 Å². The lowest BCUT2D eigenvalue weighted by atomic mass is 10.0. The highest BCUT2D eigenvalue weighted by molar-refractivity contribution is 6.03. The maximum Gasteiger partial charge on any atom is 0.337 e. The molecule has 0 spiro atoms. The first-order valence-corrected chi connectivity index (χ1v) is 6.08. The van der Waals surface area contributed by atoms with Gasteiger partial charge in [0.15, 0.2) is 0 Å². The number of rotatable bonds is 2. The van der Waals surface area contributed by atoms with E-state index in [0.717, 1.165) is 22.2 Å². The lowest BCUT2D eigenvalue weighted by Gasteiger charge is -2.01. The van der Waals surface area contributed by atoms with Crippen molar-refractivity contribution in [2.75, 3.05) is 0 Å². The van der Waals surface area contributed by atoms with E-state index in [0.29, 0.717) is 11.3 Å². The third-order valence-electron chi connectivity index (χ3n) is 3.37. The molecule has 19 heavy (non-hydrogen) atoms. The zero-order valence-corrected chi connectivity index (χ0v) is 10.7. The van der Waals surface area contributed by atoms with Crippen LogP contribution < -0.4 is 0 Å². The molecule has 1 aromatic carbocycles. The summed E-state index contributed by atoms with van der Waals surface area (Å²) in [5.41, 5.74) is 5.04. The quantitative estimate of drug-likeness (QED) is 0.655. The second kappa shape index (κ2) is 4.02. The third kappa shape index (κ3) is 1.73. The number of nitrogens with one attached hydrogen (secondary N) is 2. The molecule has 96 valence electrons. The molecule has 0 aliphatic rings. The van der Waals surface area contributed by atoms with Crippen molar-refractivity contribution >= 4 is 16.9 Å². The van der Waals surface area contributed by atoms with E-state index in [-0.39, 0.29) is 0 Å². The molecule has 0 unspecified atom stereocenters. The standard InChI is InChI=1S/C15H14N2O2/c1-8-3-4-10-12(7-8)17-9(2)13(10)14-11(15(18)19)5-6-16-14/h3-7,16-17H,1-2H3,(H,18,19).